The molecule has 7 heteroatoms. The summed E-state index contributed by atoms with van der Waals surface area (Å²) < 4.78 is 52.9. The highest BCUT2D eigenvalue weighted by Crippen LogP contribution is 2.43. The Balaban J connectivity index is 1.31. The van der Waals surface area contributed by atoms with Gasteiger partial charge in [0, 0.05) is 13.7 Å². The highest BCUT2D eigenvalue weighted by Gasteiger charge is 2.37. The highest BCUT2D eigenvalue weighted by molar-refractivity contribution is 5.82. The molecule has 206 valence electrons. The highest BCUT2D eigenvalue weighted by atomic mass is 19.4. The average molecular weight is 537 g/mol. The van der Waals surface area contributed by atoms with E-state index in [1.807, 2.05) is 20.9 Å². The Labute approximate surface area is 227 Å². The maximum atomic E-state index is 12.9. The Morgan fingerprint density at radius 2 is 1.64 bits per heavy atom. The van der Waals surface area contributed by atoms with Crippen LogP contribution < -0.4 is 4.74 Å². The van der Waals surface area contributed by atoms with Gasteiger partial charge in [-0.2, -0.15) is 13.2 Å². The molecule has 5 rings (SSSR count). The molecule has 0 N–H and O–H groups in total. The molecule has 4 aromatic rings. The number of alkyl halides is 3. The second kappa shape index (κ2) is 11.0. The monoisotopic (exact) mass is 536 g/mol. The first-order chi connectivity index (χ1) is 18.6. The van der Waals surface area contributed by atoms with E-state index < -0.39 is 11.7 Å². The number of hydrogen-bond donors (Lipinski definition) is 0. The number of rotatable bonds is 7. The maximum absolute atomic E-state index is 12.9. The average Bonchev–Trinajstić information content (AvgIpc) is 3.21. The van der Waals surface area contributed by atoms with E-state index in [1.165, 1.54) is 17.7 Å². The fourth-order valence-corrected chi connectivity index (χ4v) is 5.87. The van der Waals surface area contributed by atoms with Gasteiger partial charge in [0.1, 0.15) is 11.6 Å². The van der Waals surface area contributed by atoms with Crippen LogP contribution in [0, 0.1) is 18.8 Å². The number of imidazole rings is 1. The van der Waals surface area contributed by atoms with E-state index in [0.29, 0.717) is 30.8 Å². The first kappa shape index (κ1) is 27.3. The van der Waals surface area contributed by atoms with Crippen molar-refractivity contribution in [1.82, 2.24) is 9.55 Å². The van der Waals surface area contributed by atoms with Gasteiger partial charge in [-0.25, -0.2) is 4.98 Å². The number of hydrogen-bond acceptors (Lipinski definition) is 3. The third kappa shape index (κ3) is 5.83. The smallest absolute Gasteiger partial charge is 0.416 e. The fraction of sp³-hybridized carbons (Fsp3) is 0.406. The number of halogens is 3. The van der Waals surface area contributed by atoms with Crippen molar-refractivity contribution >= 4 is 11.0 Å². The van der Waals surface area contributed by atoms with E-state index in [9.17, 15) is 13.2 Å². The summed E-state index contributed by atoms with van der Waals surface area (Å²) in [7, 11) is 2.03. The van der Waals surface area contributed by atoms with Gasteiger partial charge in [0.2, 0.25) is 0 Å². The van der Waals surface area contributed by atoms with Crippen LogP contribution >= 0.6 is 0 Å². The lowest BCUT2D eigenvalue weighted by Gasteiger charge is -2.40. The van der Waals surface area contributed by atoms with Crippen molar-refractivity contribution in [3.63, 3.8) is 0 Å². The molecular formula is C32H35F3N2O2. The quantitative estimate of drug-likeness (QED) is 0.239. The van der Waals surface area contributed by atoms with E-state index in [2.05, 4.69) is 58.9 Å². The lowest BCUT2D eigenvalue weighted by molar-refractivity contribution is -0.137. The second-order valence-corrected chi connectivity index (χ2v) is 10.7. The van der Waals surface area contributed by atoms with Crippen LogP contribution in [-0.2, 0) is 18.0 Å². The lowest BCUT2D eigenvalue weighted by atomic mass is 9.69. The van der Waals surface area contributed by atoms with Crippen LogP contribution in [0.1, 0.15) is 49.6 Å². The topological polar surface area (TPSA) is 36.3 Å². The molecular weight excluding hydrogens is 501 g/mol. The Hall–Kier alpha value is -3.32. The number of fused-ring (bicyclic) bond motifs is 1. The van der Waals surface area contributed by atoms with Crippen LogP contribution in [0.5, 0.6) is 5.75 Å². The molecule has 0 saturated heterocycles. The van der Waals surface area contributed by atoms with E-state index in [1.54, 1.807) is 0 Å². The summed E-state index contributed by atoms with van der Waals surface area (Å²) in [6.07, 6.45) is -2.43. The minimum Gasteiger partial charge on any atom is -0.493 e. The molecule has 0 bridgehead atoms. The van der Waals surface area contributed by atoms with Crippen molar-refractivity contribution in [1.29, 1.82) is 0 Å². The largest absolute Gasteiger partial charge is 0.493 e. The van der Waals surface area contributed by atoms with Crippen LogP contribution in [0.4, 0.5) is 13.2 Å². The Bertz CT molecular complexity index is 1410. The van der Waals surface area contributed by atoms with Gasteiger partial charge in [0.25, 0.3) is 0 Å². The summed E-state index contributed by atoms with van der Waals surface area (Å²) in [4.78, 5) is 4.68. The third-order valence-electron chi connectivity index (χ3n) is 8.29. The molecule has 1 heterocycles. The van der Waals surface area contributed by atoms with Crippen molar-refractivity contribution in [2.45, 2.75) is 51.8 Å². The van der Waals surface area contributed by atoms with E-state index in [4.69, 9.17) is 9.47 Å². The predicted octanol–water partition coefficient (Wildman–Crippen LogP) is 8.18. The summed E-state index contributed by atoms with van der Waals surface area (Å²) in [5, 5.41) is 0. The summed E-state index contributed by atoms with van der Waals surface area (Å²) in [6.45, 7) is 7.35. The standard InChI is InChI=1S/C32H35F3N2O2/c1-5-38-28-16-25(19-39-27-13-11-26(12-14-27)32(33,34)35)20(2)29(18-28)23-8-6-22(7-9-23)24-10-15-31-30(17-24)36-21(3)37(31)4/h6-15,17,20,25,28-29H,5,16,18-19H2,1-4H3/t20-,25?,28?,29?/m0/s1. The van der Waals surface area contributed by atoms with Crippen LogP contribution in [0.3, 0.4) is 0 Å². The zero-order chi connectivity index (χ0) is 27.7. The summed E-state index contributed by atoms with van der Waals surface area (Å²) >= 11 is 0. The molecule has 3 aromatic carbocycles. The molecule has 1 aliphatic carbocycles. The number of aryl methyl sites for hydroxylation is 2. The molecule has 1 aromatic heterocycles. The molecule has 4 nitrogen and oxygen atoms in total. The Morgan fingerprint density at radius 1 is 0.949 bits per heavy atom. The third-order valence-corrected chi connectivity index (χ3v) is 8.29. The van der Waals surface area contributed by atoms with Gasteiger partial charge in [-0.05, 0) is 97.5 Å². The molecule has 0 aliphatic heterocycles. The van der Waals surface area contributed by atoms with Crippen LogP contribution in [0.15, 0.2) is 66.7 Å². The van der Waals surface area contributed by atoms with Gasteiger partial charge < -0.3 is 14.0 Å². The van der Waals surface area contributed by atoms with Crippen LogP contribution in [0.25, 0.3) is 22.2 Å². The normalized spacial score (nSPS) is 21.8. The zero-order valence-corrected chi connectivity index (χ0v) is 22.8. The van der Waals surface area contributed by atoms with Crippen molar-refractivity contribution < 1.29 is 22.6 Å². The fourth-order valence-electron chi connectivity index (χ4n) is 5.87. The molecule has 0 amide bonds. The van der Waals surface area contributed by atoms with Gasteiger partial charge in [0.05, 0.1) is 29.3 Å². The molecule has 0 radical (unpaired) electrons. The second-order valence-electron chi connectivity index (χ2n) is 10.7. The molecule has 1 fully saturated rings. The van der Waals surface area contributed by atoms with Crippen LogP contribution in [0.2, 0.25) is 0 Å². The van der Waals surface area contributed by atoms with Gasteiger partial charge in [-0.1, -0.05) is 37.3 Å². The molecule has 1 saturated carbocycles. The first-order valence-corrected chi connectivity index (χ1v) is 13.6. The molecule has 1 aliphatic rings. The predicted molar refractivity (Wildman–Crippen MR) is 148 cm³/mol. The van der Waals surface area contributed by atoms with Crippen molar-refractivity contribution in [3.05, 3.63) is 83.7 Å². The molecule has 39 heavy (non-hydrogen) atoms. The summed E-state index contributed by atoms with van der Waals surface area (Å²) in [5.41, 5.74) is 5.00. The number of nitrogens with zero attached hydrogens (tertiary/aromatic N) is 2. The Kier molecular flexibility index (Phi) is 7.72. The first-order valence-electron chi connectivity index (χ1n) is 13.6. The van der Waals surface area contributed by atoms with Gasteiger partial charge in [-0.3, -0.25) is 0 Å². The molecule has 0 spiro atoms. The van der Waals surface area contributed by atoms with Crippen molar-refractivity contribution in [2.75, 3.05) is 13.2 Å². The van der Waals surface area contributed by atoms with Crippen molar-refractivity contribution in [3.8, 4) is 16.9 Å². The minimum absolute atomic E-state index is 0.117. The SMILES string of the molecule is CCOC1CC(COc2ccc(C(F)(F)F)cc2)[C@H](C)C(c2ccc(-c3ccc4c(c3)nc(C)n4C)cc2)C1. The number of benzene rings is 3. The number of ether oxygens (including phenoxy) is 2. The number of aromatic nitrogens is 2. The van der Waals surface area contributed by atoms with E-state index in [0.717, 1.165) is 53.0 Å². The Morgan fingerprint density at radius 3 is 2.31 bits per heavy atom. The van der Waals surface area contributed by atoms with E-state index >= 15 is 0 Å². The zero-order valence-electron chi connectivity index (χ0n) is 22.8. The molecule has 3 unspecified atom stereocenters. The minimum atomic E-state index is -4.35. The van der Waals surface area contributed by atoms with Gasteiger partial charge in [-0.15, -0.1) is 0 Å². The van der Waals surface area contributed by atoms with E-state index in [-0.39, 0.29) is 12.0 Å². The van der Waals surface area contributed by atoms with Crippen LogP contribution in [-0.4, -0.2) is 28.9 Å². The van der Waals surface area contributed by atoms with Gasteiger partial charge in [0.15, 0.2) is 0 Å². The lowest BCUT2D eigenvalue weighted by Crippen LogP contribution is -2.37. The van der Waals surface area contributed by atoms with Gasteiger partial charge >= 0.3 is 6.18 Å². The maximum Gasteiger partial charge on any atom is 0.416 e. The van der Waals surface area contributed by atoms with Crippen molar-refractivity contribution in [2.24, 2.45) is 18.9 Å². The summed E-state index contributed by atoms with van der Waals surface area (Å²) in [6, 6.07) is 20.1. The summed E-state index contributed by atoms with van der Waals surface area (Å²) in [5.74, 6) is 2.29. The molecule has 4 atom stereocenters.